The Morgan fingerprint density at radius 2 is 2.22 bits per heavy atom. The van der Waals surface area contributed by atoms with Crippen LogP contribution in [0.2, 0.25) is 0 Å². The first-order valence-electron chi connectivity index (χ1n) is 6.27. The number of halogens is 1. The number of hydrogen-bond donors (Lipinski definition) is 1. The fourth-order valence-electron chi connectivity index (χ4n) is 2.20. The van der Waals surface area contributed by atoms with Crippen molar-refractivity contribution < 1.29 is 4.79 Å². The van der Waals surface area contributed by atoms with Gasteiger partial charge in [0.05, 0.1) is 5.56 Å². The maximum atomic E-state index is 11.9. The Morgan fingerprint density at radius 3 is 2.94 bits per heavy atom. The highest BCUT2D eigenvalue weighted by Crippen LogP contribution is 2.21. The van der Waals surface area contributed by atoms with Crippen LogP contribution in [0.15, 0.2) is 33.8 Å². The molecule has 1 aliphatic rings. The van der Waals surface area contributed by atoms with Crippen molar-refractivity contribution in [2.45, 2.75) is 32.6 Å². The van der Waals surface area contributed by atoms with Crippen LogP contribution in [0, 0.1) is 5.92 Å². The summed E-state index contributed by atoms with van der Waals surface area (Å²) in [6.45, 7) is 2.23. The molecule has 1 fully saturated rings. The van der Waals surface area contributed by atoms with Gasteiger partial charge in [-0.3, -0.25) is 4.79 Å². The molecule has 0 spiro atoms. The molecule has 0 unspecified atom stereocenters. The Hall–Kier alpha value is -1.16. The van der Waals surface area contributed by atoms with Gasteiger partial charge in [-0.2, -0.15) is 5.10 Å². The molecule has 0 radical (unpaired) electrons. The van der Waals surface area contributed by atoms with Gasteiger partial charge in [-0.1, -0.05) is 19.1 Å². The zero-order chi connectivity index (χ0) is 13.0. The maximum Gasteiger partial charge on any atom is 0.272 e. The molecule has 2 rings (SSSR count). The average molecular weight is 309 g/mol. The van der Waals surface area contributed by atoms with Crippen LogP contribution in [-0.4, -0.2) is 11.6 Å². The van der Waals surface area contributed by atoms with E-state index in [0.717, 1.165) is 23.0 Å². The topological polar surface area (TPSA) is 41.5 Å². The largest absolute Gasteiger partial charge is 0.272 e. The molecule has 1 aromatic carbocycles. The standard InChI is InChI=1S/C14H17BrN2O/c1-10-5-4-6-11(9-10)16-17-14(18)12-7-2-3-8-13(12)15/h2-3,7-8,10H,4-6,9H2,1H3,(H,17,18)/b16-11-/t10-/m0/s1. The molecule has 1 aromatic rings. The molecule has 0 heterocycles. The zero-order valence-electron chi connectivity index (χ0n) is 10.4. The first-order chi connectivity index (χ1) is 8.66. The van der Waals surface area contributed by atoms with Crippen LogP contribution in [0.25, 0.3) is 0 Å². The summed E-state index contributed by atoms with van der Waals surface area (Å²) in [5.41, 5.74) is 4.37. The molecule has 1 N–H and O–H groups in total. The second-order valence-electron chi connectivity index (χ2n) is 4.80. The number of nitrogens with one attached hydrogen (secondary N) is 1. The van der Waals surface area contributed by atoms with Gasteiger partial charge in [0.15, 0.2) is 0 Å². The lowest BCUT2D eigenvalue weighted by atomic mass is 9.89. The summed E-state index contributed by atoms with van der Waals surface area (Å²) in [5.74, 6) is 0.520. The highest BCUT2D eigenvalue weighted by molar-refractivity contribution is 9.10. The first-order valence-corrected chi connectivity index (χ1v) is 7.06. The summed E-state index contributed by atoms with van der Waals surface area (Å²) in [6, 6.07) is 7.36. The van der Waals surface area contributed by atoms with E-state index >= 15 is 0 Å². The number of hydrogen-bond acceptors (Lipinski definition) is 2. The molecule has 0 bridgehead atoms. The third-order valence-electron chi connectivity index (χ3n) is 3.18. The molecule has 1 saturated carbocycles. The molecule has 0 saturated heterocycles. The Bertz CT molecular complexity index is 471. The van der Waals surface area contributed by atoms with Crippen LogP contribution < -0.4 is 5.43 Å². The normalized spacial score (nSPS) is 21.9. The molecule has 3 nitrogen and oxygen atoms in total. The van der Waals surface area contributed by atoms with Crippen LogP contribution in [-0.2, 0) is 0 Å². The van der Waals surface area contributed by atoms with Gasteiger partial charge in [0.2, 0.25) is 0 Å². The first kappa shape index (κ1) is 13.3. The fraction of sp³-hybridized carbons (Fsp3) is 0.429. The van der Waals surface area contributed by atoms with Crippen LogP contribution in [0.5, 0.6) is 0 Å². The van der Waals surface area contributed by atoms with E-state index < -0.39 is 0 Å². The molecular weight excluding hydrogens is 292 g/mol. The number of carbonyl (C=O) groups is 1. The number of benzene rings is 1. The van der Waals surface area contributed by atoms with E-state index in [1.54, 1.807) is 6.07 Å². The second kappa shape index (κ2) is 6.14. The molecular formula is C14H17BrN2O. The van der Waals surface area contributed by atoms with Crippen molar-refractivity contribution in [2.75, 3.05) is 0 Å². The Kier molecular flexibility index (Phi) is 4.53. The number of amides is 1. The molecule has 18 heavy (non-hydrogen) atoms. The van der Waals surface area contributed by atoms with Crippen molar-refractivity contribution in [1.82, 2.24) is 5.43 Å². The van der Waals surface area contributed by atoms with Gasteiger partial charge >= 0.3 is 0 Å². The van der Waals surface area contributed by atoms with Gasteiger partial charge in [-0.25, -0.2) is 5.43 Å². The highest BCUT2D eigenvalue weighted by Gasteiger charge is 2.15. The minimum atomic E-state index is -0.159. The van der Waals surface area contributed by atoms with Crippen molar-refractivity contribution in [1.29, 1.82) is 0 Å². The molecule has 1 amide bonds. The zero-order valence-corrected chi connectivity index (χ0v) is 12.0. The van der Waals surface area contributed by atoms with E-state index in [0.29, 0.717) is 11.5 Å². The Balaban J connectivity index is 2.00. The van der Waals surface area contributed by atoms with Gasteiger partial charge in [-0.05, 0) is 59.7 Å². The number of carbonyl (C=O) groups excluding carboxylic acids is 1. The van der Waals surface area contributed by atoms with E-state index in [1.165, 1.54) is 12.8 Å². The molecule has 1 atom stereocenters. The van der Waals surface area contributed by atoms with Crippen molar-refractivity contribution >= 4 is 27.5 Å². The smallest absolute Gasteiger partial charge is 0.267 e. The van der Waals surface area contributed by atoms with Gasteiger partial charge in [0.25, 0.3) is 5.91 Å². The summed E-state index contributed by atoms with van der Waals surface area (Å²) < 4.78 is 0.791. The van der Waals surface area contributed by atoms with Crippen LogP contribution in [0.3, 0.4) is 0 Å². The predicted molar refractivity (Wildman–Crippen MR) is 76.7 cm³/mol. The number of rotatable bonds is 2. The third kappa shape index (κ3) is 3.42. The van der Waals surface area contributed by atoms with E-state index in [4.69, 9.17) is 0 Å². The average Bonchev–Trinajstić information content (AvgIpc) is 2.37. The Morgan fingerprint density at radius 1 is 1.44 bits per heavy atom. The van der Waals surface area contributed by atoms with E-state index in [1.807, 2.05) is 18.2 Å². The molecule has 0 aliphatic heterocycles. The minimum absolute atomic E-state index is 0.159. The molecule has 4 heteroatoms. The molecule has 96 valence electrons. The van der Waals surface area contributed by atoms with Gasteiger partial charge in [0, 0.05) is 10.2 Å². The van der Waals surface area contributed by atoms with Crippen molar-refractivity contribution in [2.24, 2.45) is 11.0 Å². The number of nitrogens with zero attached hydrogens (tertiary/aromatic N) is 1. The van der Waals surface area contributed by atoms with Crippen molar-refractivity contribution in [3.05, 3.63) is 34.3 Å². The summed E-state index contributed by atoms with van der Waals surface area (Å²) in [4.78, 5) is 11.9. The van der Waals surface area contributed by atoms with Gasteiger partial charge in [-0.15, -0.1) is 0 Å². The third-order valence-corrected chi connectivity index (χ3v) is 3.87. The lowest BCUT2D eigenvalue weighted by Crippen LogP contribution is -2.22. The molecule has 0 aromatic heterocycles. The van der Waals surface area contributed by atoms with Crippen molar-refractivity contribution in [3.8, 4) is 0 Å². The summed E-state index contributed by atoms with van der Waals surface area (Å²) in [6.07, 6.45) is 4.43. The van der Waals surface area contributed by atoms with Crippen LogP contribution in [0.1, 0.15) is 43.0 Å². The van der Waals surface area contributed by atoms with Gasteiger partial charge < -0.3 is 0 Å². The van der Waals surface area contributed by atoms with Crippen molar-refractivity contribution in [3.63, 3.8) is 0 Å². The summed E-state index contributed by atoms with van der Waals surface area (Å²) >= 11 is 3.36. The maximum absolute atomic E-state index is 11.9. The Labute approximate surface area is 116 Å². The van der Waals surface area contributed by atoms with Crippen LogP contribution in [0.4, 0.5) is 0 Å². The van der Waals surface area contributed by atoms with E-state index in [2.05, 4.69) is 33.4 Å². The summed E-state index contributed by atoms with van der Waals surface area (Å²) in [5, 5.41) is 4.25. The fourth-order valence-corrected chi connectivity index (χ4v) is 2.66. The lowest BCUT2D eigenvalue weighted by molar-refractivity contribution is 0.0953. The predicted octanol–water partition coefficient (Wildman–Crippen LogP) is 3.75. The lowest BCUT2D eigenvalue weighted by Gasteiger charge is -2.18. The summed E-state index contributed by atoms with van der Waals surface area (Å²) in [7, 11) is 0. The molecule has 1 aliphatic carbocycles. The highest BCUT2D eigenvalue weighted by atomic mass is 79.9. The quantitative estimate of drug-likeness (QED) is 0.831. The van der Waals surface area contributed by atoms with E-state index in [-0.39, 0.29) is 5.91 Å². The SMILES string of the molecule is C[C@H]1CCC/C(=N/NC(=O)c2ccccc2Br)C1. The van der Waals surface area contributed by atoms with Gasteiger partial charge in [0.1, 0.15) is 0 Å². The van der Waals surface area contributed by atoms with Crippen LogP contribution >= 0.6 is 15.9 Å². The number of hydrazone groups is 1. The monoisotopic (exact) mass is 308 g/mol. The minimum Gasteiger partial charge on any atom is -0.267 e. The second-order valence-corrected chi connectivity index (χ2v) is 5.65. The van der Waals surface area contributed by atoms with E-state index in [9.17, 15) is 4.79 Å².